The first-order valence-corrected chi connectivity index (χ1v) is 9.66. The fraction of sp³-hybridized carbons (Fsp3) is 0.318. The van der Waals surface area contributed by atoms with E-state index in [4.69, 9.17) is 9.84 Å². The minimum atomic E-state index is 0.0240. The molecule has 146 valence electrons. The first kappa shape index (κ1) is 18.5. The van der Waals surface area contributed by atoms with Gasteiger partial charge in [0, 0.05) is 47.5 Å². The number of ether oxygens (including phenoxy) is 1. The zero-order chi connectivity index (χ0) is 19.3. The maximum Gasteiger partial charge on any atom is 0.230 e. The van der Waals surface area contributed by atoms with Gasteiger partial charge in [0.15, 0.2) is 0 Å². The van der Waals surface area contributed by atoms with E-state index in [1.54, 1.807) is 12.4 Å². The second-order valence-electron chi connectivity index (χ2n) is 7.22. The molecular formula is C22H26N3O3+. The number of hydrogen-bond donors (Lipinski definition) is 3. The predicted octanol–water partition coefficient (Wildman–Crippen LogP) is 2.42. The highest BCUT2D eigenvalue weighted by molar-refractivity contribution is 5.92. The Balaban J connectivity index is 1.39. The number of likely N-dealkylation sites (tertiary alicyclic amines) is 1. The van der Waals surface area contributed by atoms with Gasteiger partial charge in [-0.15, -0.1) is 0 Å². The Bertz CT molecular complexity index is 947. The van der Waals surface area contributed by atoms with Gasteiger partial charge in [0.2, 0.25) is 12.4 Å². The number of aromatic nitrogens is 1. The summed E-state index contributed by atoms with van der Waals surface area (Å²) < 4.78 is 6.59. The molecule has 28 heavy (non-hydrogen) atoms. The summed E-state index contributed by atoms with van der Waals surface area (Å²) in [5, 5.41) is 24.3. The Morgan fingerprint density at radius 3 is 2.96 bits per heavy atom. The van der Waals surface area contributed by atoms with Crippen LogP contribution in [-0.2, 0) is 6.54 Å². The third kappa shape index (κ3) is 4.35. The van der Waals surface area contributed by atoms with Gasteiger partial charge < -0.3 is 15.2 Å². The zero-order valence-corrected chi connectivity index (χ0v) is 15.8. The summed E-state index contributed by atoms with van der Waals surface area (Å²) in [5.41, 5.74) is 2.32. The van der Waals surface area contributed by atoms with Gasteiger partial charge >= 0.3 is 0 Å². The van der Waals surface area contributed by atoms with Crippen LogP contribution in [0.5, 0.6) is 5.75 Å². The van der Waals surface area contributed by atoms with Gasteiger partial charge in [-0.2, -0.15) is 0 Å². The molecule has 1 aromatic heterocycles. The highest BCUT2D eigenvalue weighted by Crippen LogP contribution is 2.25. The van der Waals surface area contributed by atoms with E-state index in [1.807, 2.05) is 36.4 Å². The van der Waals surface area contributed by atoms with E-state index in [9.17, 15) is 5.21 Å². The molecule has 0 aliphatic carbocycles. The number of anilines is 1. The maximum absolute atomic E-state index is 9.62. The van der Waals surface area contributed by atoms with Crippen molar-refractivity contribution in [2.75, 3.05) is 31.6 Å². The normalized spacial score (nSPS) is 17.1. The van der Waals surface area contributed by atoms with Gasteiger partial charge in [0.05, 0.1) is 12.0 Å². The Morgan fingerprint density at radius 2 is 2.07 bits per heavy atom. The fourth-order valence-corrected chi connectivity index (χ4v) is 3.81. The number of benzene rings is 2. The second kappa shape index (κ2) is 8.46. The minimum absolute atomic E-state index is 0.0240. The van der Waals surface area contributed by atoms with E-state index in [0.717, 1.165) is 53.0 Å². The van der Waals surface area contributed by atoms with Crippen molar-refractivity contribution in [3.05, 3.63) is 66.5 Å². The van der Waals surface area contributed by atoms with Crippen LogP contribution in [0.2, 0.25) is 0 Å². The van der Waals surface area contributed by atoms with Crippen molar-refractivity contribution in [1.82, 2.24) is 4.90 Å². The molecule has 1 unspecified atom stereocenters. The number of aliphatic hydroxyl groups is 1. The van der Waals surface area contributed by atoms with Crippen LogP contribution in [0.15, 0.2) is 60.9 Å². The summed E-state index contributed by atoms with van der Waals surface area (Å²) >= 11 is 0. The lowest BCUT2D eigenvalue weighted by atomic mass is 10.1. The Labute approximate surface area is 164 Å². The molecule has 3 aromatic rings. The van der Waals surface area contributed by atoms with Gasteiger partial charge in [-0.05, 0) is 36.2 Å². The van der Waals surface area contributed by atoms with Crippen LogP contribution >= 0.6 is 0 Å². The van der Waals surface area contributed by atoms with E-state index in [2.05, 4.69) is 22.3 Å². The summed E-state index contributed by atoms with van der Waals surface area (Å²) in [4.78, 5) is 2.44. The third-order valence-corrected chi connectivity index (χ3v) is 5.10. The van der Waals surface area contributed by atoms with Crippen molar-refractivity contribution in [2.24, 2.45) is 0 Å². The molecule has 1 aliphatic rings. The molecule has 1 atom stereocenters. The fourth-order valence-electron chi connectivity index (χ4n) is 3.81. The van der Waals surface area contributed by atoms with E-state index < -0.39 is 0 Å². The van der Waals surface area contributed by atoms with Crippen molar-refractivity contribution in [1.29, 1.82) is 0 Å². The van der Waals surface area contributed by atoms with Gasteiger partial charge in [-0.1, -0.05) is 18.2 Å². The highest BCUT2D eigenvalue weighted by atomic mass is 16.5. The third-order valence-electron chi connectivity index (χ3n) is 5.10. The summed E-state index contributed by atoms with van der Waals surface area (Å²) in [7, 11) is 0. The van der Waals surface area contributed by atoms with Crippen LogP contribution < -0.4 is 14.8 Å². The lowest BCUT2D eigenvalue weighted by Gasteiger charge is -2.18. The quantitative estimate of drug-likeness (QED) is 0.434. The Hall–Kier alpha value is -2.83. The Kier molecular flexibility index (Phi) is 5.60. The standard InChI is InChI=1S/C22H26N3O3/c26-11-12-28-20-5-1-3-17(13-20)14-24-9-7-19(16-24)23-22-6-2-4-18-15-25(27)10-8-21(18)22/h1-6,8,10,13,15,19,23,26-27H,7,9,11-12,14,16H2/q+1. The molecule has 2 heterocycles. The summed E-state index contributed by atoms with van der Waals surface area (Å²) in [6, 6.07) is 16.5. The van der Waals surface area contributed by atoms with Crippen LogP contribution in [0, 0.1) is 0 Å². The first-order valence-electron chi connectivity index (χ1n) is 9.66. The molecule has 6 heteroatoms. The molecule has 0 saturated carbocycles. The van der Waals surface area contributed by atoms with Crippen molar-refractivity contribution in [3.8, 4) is 5.75 Å². The van der Waals surface area contributed by atoms with Crippen molar-refractivity contribution in [3.63, 3.8) is 0 Å². The summed E-state index contributed by atoms with van der Waals surface area (Å²) in [5.74, 6) is 0.803. The number of rotatable bonds is 7. The zero-order valence-electron chi connectivity index (χ0n) is 15.8. The molecule has 1 saturated heterocycles. The predicted molar refractivity (Wildman–Crippen MR) is 108 cm³/mol. The van der Waals surface area contributed by atoms with E-state index >= 15 is 0 Å². The lowest BCUT2D eigenvalue weighted by Crippen LogP contribution is -2.28. The molecule has 1 aliphatic heterocycles. The van der Waals surface area contributed by atoms with Crippen LogP contribution in [0.25, 0.3) is 10.8 Å². The number of nitrogens with one attached hydrogen (secondary N) is 1. The van der Waals surface area contributed by atoms with Crippen LogP contribution in [0.3, 0.4) is 0 Å². The van der Waals surface area contributed by atoms with Gasteiger partial charge in [0.25, 0.3) is 0 Å². The number of fused-ring (bicyclic) bond motifs is 1. The van der Waals surface area contributed by atoms with Gasteiger partial charge in [-0.25, -0.2) is 0 Å². The molecule has 4 rings (SSSR count). The Morgan fingerprint density at radius 1 is 1.18 bits per heavy atom. The number of nitrogens with zero attached hydrogens (tertiary/aromatic N) is 2. The molecule has 0 radical (unpaired) electrons. The second-order valence-corrected chi connectivity index (χ2v) is 7.22. The molecule has 3 N–H and O–H groups in total. The number of aliphatic hydroxyl groups excluding tert-OH is 1. The van der Waals surface area contributed by atoms with Crippen molar-refractivity contribution < 1.29 is 19.8 Å². The lowest BCUT2D eigenvalue weighted by molar-refractivity contribution is -0.903. The molecular weight excluding hydrogens is 354 g/mol. The van der Waals surface area contributed by atoms with E-state index in [-0.39, 0.29) is 6.61 Å². The topological polar surface area (TPSA) is 68.8 Å². The molecule has 2 aromatic carbocycles. The smallest absolute Gasteiger partial charge is 0.230 e. The number of pyridine rings is 1. The molecule has 0 spiro atoms. The largest absolute Gasteiger partial charge is 0.491 e. The molecule has 0 amide bonds. The van der Waals surface area contributed by atoms with Gasteiger partial charge in [0.1, 0.15) is 12.4 Å². The average molecular weight is 380 g/mol. The van der Waals surface area contributed by atoms with E-state index in [1.165, 1.54) is 5.56 Å². The monoisotopic (exact) mass is 380 g/mol. The van der Waals surface area contributed by atoms with Crippen molar-refractivity contribution >= 4 is 16.5 Å². The van der Waals surface area contributed by atoms with E-state index in [0.29, 0.717) is 12.6 Å². The molecule has 0 bridgehead atoms. The van der Waals surface area contributed by atoms with Gasteiger partial charge in [-0.3, -0.25) is 10.1 Å². The number of hydrogen-bond acceptors (Lipinski definition) is 5. The molecule has 6 nitrogen and oxygen atoms in total. The summed E-state index contributed by atoms with van der Waals surface area (Å²) in [6.07, 6.45) is 4.46. The SMILES string of the molecule is OCCOc1cccc(CN2CCC(Nc3cccc4c[n+](O)ccc34)C2)c1. The van der Waals surface area contributed by atoms with Crippen molar-refractivity contribution in [2.45, 2.75) is 19.0 Å². The molecule has 1 fully saturated rings. The van der Waals surface area contributed by atoms with Crippen LogP contribution in [0.4, 0.5) is 5.69 Å². The van der Waals surface area contributed by atoms with Crippen LogP contribution in [0.1, 0.15) is 12.0 Å². The average Bonchev–Trinajstić information content (AvgIpc) is 3.13. The maximum atomic E-state index is 9.62. The highest BCUT2D eigenvalue weighted by Gasteiger charge is 2.23. The summed E-state index contributed by atoms with van der Waals surface area (Å²) in [6.45, 7) is 3.25. The minimum Gasteiger partial charge on any atom is -0.491 e. The van der Waals surface area contributed by atoms with Crippen LogP contribution in [-0.4, -0.2) is 47.6 Å². The first-order chi connectivity index (χ1) is 13.7.